The third kappa shape index (κ3) is 1.77. The first-order valence-electron chi connectivity index (χ1n) is 4.22. The minimum absolute atomic E-state index is 0.669. The van der Waals surface area contributed by atoms with Gasteiger partial charge in [0.25, 0.3) is 0 Å². The van der Waals surface area contributed by atoms with Crippen molar-refractivity contribution in [3.8, 4) is 6.07 Å². The first-order chi connectivity index (χ1) is 6.88. The summed E-state index contributed by atoms with van der Waals surface area (Å²) < 4.78 is 0. The van der Waals surface area contributed by atoms with Crippen LogP contribution in [0.3, 0.4) is 0 Å². The largest absolute Gasteiger partial charge is 0.263 e. The molecule has 0 fully saturated rings. The van der Waals surface area contributed by atoms with Gasteiger partial charge in [0.05, 0.1) is 11.6 Å². The van der Waals surface area contributed by atoms with Gasteiger partial charge in [0.15, 0.2) is 0 Å². The Morgan fingerprint density at radius 3 is 3.07 bits per heavy atom. The zero-order valence-electron chi connectivity index (χ0n) is 7.44. The fraction of sp³-hybridized carbons (Fsp3) is 0.100. The summed E-state index contributed by atoms with van der Waals surface area (Å²) in [4.78, 5) is 4.02. The molecule has 0 aliphatic carbocycles. The molecule has 0 bridgehead atoms. The minimum Gasteiger partial charge on any atom is -0.263 e. The SMILES string of the molecule is N#Cc1cccc(Cc2ncn[nH]2)c1. The molecule has 4 heteroatoms. The highest BCUT2D eigenvalue weighted by Crippen LogP contribution is 2.07. The summed E-state index contributed by atoms with van der Waals surface area (Å²) in [5.74, 6) is 0.806. The molecular formula is C10H8N4. The second kappa shape index (κ2) is 3.71. The summed E-state index contributed by atoms with van der Waals surface area (Å²) in [5.41, 5.74) is 1.72. The predicted octanol–water partition coefficient (Wildman–Crippen LogP) is 1.27. The van der Waals surface area contributed by atoms with E-state index in [1.807, 2.05) is 18.2 Å². The smallest absolute Gasteiger partial charge is 0.137 e. The summed E-state index contributed by atoms with van der Waals surface area (Å²) >= 11 is 0. The second-order valence-electron chi connectivity index (χ2n) is 2.92. The van der Waals surface area contributed by atoms with Crippen LogP contribution in [0.5, 0.6) is 0 Å². The van der Waals surface area contributed by atoms with Crippen molar-refractivity contribution in [1.82, 2.24) is 15.2 Å². The van der Waals surface area contributed by atoms with E-state index in [9.17, 15) is 0 Å². The number of rotatable bonds is 2. The first kappa shape index (κ1) is 8.45. The van der Waals surface area contributed by atoms with Crippen molar-refractivity contribution in [3.63, 3.8) is 0 Å². The van der Waals surface area contributed by atoms with Gasteiger partial charge in [0.2, 0.25) is 0 Å². The molecule has 0 unspecified atom stereocenters. The van der Waals surface area contributed by atoms with Gasteiger partial charge in [-0.05, 0) is 17.7 Å². The van der Waals surface area contributed by atoms with Crippen molar-refractivity contribution in [2.75, 3.05) is 0 Å². The van der Waals surface area contributed by atoms with Crippen molar-refractivity contribution >= 4 is 0 Å². The predicted molar refractivity (Wildman–Crippen MR) is 50.3 cm³/mol. The van der Waals surface area contributed by atoms with Crippen LogP contribution in [-0.2, 0) is 6.42 Å². The Morgan fingerprint density at radius 2 is 2.36 bits per heavy atom. The van der Waals surface area contributed by atoms with E-state index in [2.05, 4.69) is 21.3 Å². The van der Waals surface area contributed by atoms with E-state index in [4.69, 9.17) is 5.26 Å². The lowest BCUT2D eigenvalue weighted by molar-refractivity contribution is 0.972. The molecule has 1 N–H and O–H groups in total. The molecule has 0 saturated carbocycles. The van der Waals surface area contributed by atoms with E-state index >= 15 is 0 Å². The van der Waals surface area contributed by atoms with E-state index in [-0.39, 0.29) is 0 Å². The highest BCUT2D eigenvalue weighted by molar-refractivity contribution is 5.33. The van der Waals surface area contributed by atoms with Crippen molar-refractivity contribution < 1.29 is 0 Å². The lowest BCUT2D eigenvalue weighted by atomic mass is 10.1. The van der Waals surface area contributed by atoms with Crippen LogP contribution in [-0.4, -0.2) is 15.2 Å². The van der Waals surface area contributed by atoms with Crippen LogP contribution in [0.2, 0.25) is 0 Å². The second-order valence-corrected chi connectivity index (χ2v) is 2.92. The van der Waals surface area contributed by atoms with Gasteiger partial charge < -0.3 is 0 Å². The van der Waals surface area contributed by atoms with Crippen LogP contribution in [0.4, 0.5) is 0 Å². The molecule has 1 aromatic carbocycles. The fourth-order valence-corrected chi connectivity index (χ4v) is 1.26. The Hall–Kier alpha value is -2.15. The molecule has 0 aliphatic rings. The van der Waals surface area contributed by atoms with Gasteiger partial charge in [-0.2, -0.15) is 10.4 Å². The standard InChI is InChI=1S/C10H8N4/c11-6-9-3-1-2-8(4-9)5-10-12-7-13-14-10/h1-4,7H,5H2,(H,12,13,14). The molecule has 0 radical (unpaired) electrons. The van der Waals surface area contributed by atoms with Gasteiger partial charge in [-0.1, -0.05) is 12.1 Å². The van der Waals surface area contributed by atoms with Crippen molar-refractivity contribution in [2.45, 2.75) is 6.42 Å². The molecular weight excluding hydrogens is 176 g/mol. The van der Waals surface area contributed by atoms with Crippen LogP contribution in [0.25, 0.3) is 0 Å². The average molecular weight is 184 g/mol. The van der Waals surface area contributed by atoms with E-state index < -0.39 is 0 Å². The molecule has 0 atom stereocenters. The number of aromatic nitrogens is 3. The Morgan fingerprint density at radius 1 is 1.43 bits per heavy atom. The van der Waals surface area contributed by atoms with Gasteiger partial charge in [-0.25, -0.2) is 4.98 Å². The minimum atomic E-state index is 0.669. The number of nitriles is 1. The van der Waals surface area contributed by atoms with E-state index in [0.717, 1.165) is 11.4 Å². The molecule has 1 aromatic heterocycles. The Balaban J connectivity index is 2.22. The number of hydrogen-bond donors (Lipinski definition) is 1. The van der Waals surface area contributed by atoms with Gasteiger partial charge in [0.1, 0.15) is 12.2 Å². The van der Waals surface area contributed by atoms with Crippen LogP contribution in [0.1, 0.15) is 17.0 Å². The summed E-state index contributed by atoms with van der Waals surface area (Å²) in [6, 6.07) is 9.56. The zero-order chi connectivity index (χ0) is 9.80. The van der Waals surface area contributed by atoms with Gasteiger partial charge in [0, 0.05) is 6.42 Å². The molecule has 1 heterocycles. The third-order valence-corrected chi connectivity index (χ3v) is 1.89. The highest BCUT2D eigenvalue weighted by atomic mass is 15.2. The Labute approximate surface area is 81.2 Å². The number of nitrogens with one attached hydrogen (secondary N) is 1. The zero-order valence-corrected chi connectivity index (χ0v) is 7.44. The molecule has 4 nitrogen and oxygen atoms in total. The molecule has 0 aliphatic heterocycles. The van der Waals surface area contributed by atoms with Crippen molar-refractivity contribution in [3.05, 3.63) is 47.5 Å². The number of H-pyrrole nitrogens is 1. The van der Waals surface area contributed by atoms with Gasteiger partial charge in [-0.15, -0.1) is 0 Å². The van der Waals surface area contributed by atoms with Crippen LogP contribution in [0.15, 0.2) is 30.6 Å². The summed E-state index contributed by atoms with van der Waals surface area (Å²) in [7, 11) is 0. The topological polar surface area (TPSA) is 65.4 Å². The Kier molecular flexibility index (Phi) is 2.24. The molecule has 0 spiro atoms. The fourth-order valence-electron chi connectivity index (χ4n) is 1.26. The summed E-state index contributed by atoms with van der Waals surface area (Å²) in [5, 5.41) is 15.2. The molecule has 0 saturated heterocycles. The molecule has 2 rings (SSSR count). The van der Waals surface area contributed by atoms with Crippen molar-refractivity contribution in [1.29, 1.82) is 5.26 Å². The monoisotopic (exact) mass is 184 g/mol. The summed E-state index contributed by atoms with van der Waals surface area (Å²) in [6.07, 6.45) is 2.15. The maximum Gasteiger partial charge on any atom is 0.137 e. The Bertz CT molecular complexity index is 453. The quantitative estimate of drug-likeness (QED) is 0.764. The maximum atomic E-state index is 8.70. The molecule has 2 aromatic rings. The van der Waals surface area contributed by atoms with Crippen LogP contribution >= 0.6 is 0 Å². The van der Waals surface area contributed by atoms with Gasteiger partial charge in [-0.3, -0.25) is 5.10 Å². The maximum absolute atomic E-state index is 8.70. The lowest BCUT2D eigenvalue weighted by Gasteiger charge is -1.97. The first-order valence-corrected chi connectivity index (χ1v) is 4.22. The number of benzene rings is 1. The van der Waals surface area contributed by atoms with Crippen LogP contribution in [0, 0.1) is 11.3 Å². The lowest BCUT2D eigenvalue weighted by Crippen LogP contribution is -1.91. The average Bonchev–Trinajstić information content (AvgIpc) is 2.71. The van der Waals surface area contributed by atoms with Gasteiger partial charge >= 0.3 is 0 Å². The normalized spacial score (nSPS) is 9.64. The van der Waals surface area contributed by atoms with Crippen LogP contribution < -0.4 is 0 Å². The summed E-state index contributed by atoms with van der Waals surface area (Å²) in [6.45, 7) is 0. The van der Waals surface area contributed by atoms with E-state index in [1.165, 1.54) is 6.33 Å². The highest BCUT2D eigenvalue weighted by Gasteiger charge is 1.99. The number of nitrogens with zero attached hydrogens (tertiary/aromatic N) is 3. The van der Waals surface area contributed by atoms with Crippen molar-refractivity contribution in [2.24, 2.45) is 0 Å². The van der Waals surface area contributed by atoms with E-state index in [1.54, 1.807) is 6.07 Å². The van der Waals surface area contributed by atoms with E-state index in [0.29, 0.717) is 12.0 Å². The molecule has 14 heavy (non-hydrogen) atoms. The third-order valence-electron chi connectivity index (χ3n) is 1.89. The number of hydrogen-bond acceptors (Lipinski definition) is 3. The molecule has 68 valence electrons. The molecule has 0 amide bonds. The number of aromatic amines is 1.